The van der Waals surface area contributed by atoms with E-state index in [2.05, 4.69) is 244 Å². The van der Waals surface area contributed by atoms with Gasteiger partial charge >= 0.3 is 0 Å². The van der Waals surface area contributed by atoms with Crippen LogP contribution in [-0.2, 0) is 5.41 Å². The topological polar surface area (TPSA) is 9.72 Å². The van der Waals surface area contributed by atoms with Crippen LogP contribution in [0.3, 0.4) is 0 Å². The van der Waals surface area contributed by atoms with Crippen LogP contribution in [-0.4, -0.2) is 12.3 Å². The first-order chi connectivity index (χ1) is 33.5. The molecule has 2 aliphatic carbocycles. The minimum atomic E-state index is -0.0274. The largest absolute Gasteiger partial charge is 0.339 e. The summed E-state index contributed by atoms with van der Waals surface area (Å²) in [6, 6.07) is 66.6. The van der Waals surface area contributed by atoms with Gasteiger partial charge < -0.3 is 14.7 Å². The highest BCUT2D eigenvalue weighted by molar-refractivity contribution is 6.91. The van der Waals surface area contributed by atoms with Crippen molar-refractivity contribution in [3.63, 3.8) is 0 Å². The van der Waals surface area contributed by atoms with Crippen molar-refractivity contribution in [3.05, 3.63) is 210 Å². The molecule has 0 aromatic heterocycles. The van der Waals surface area contributed by atoms with Gasteiger partial charge in [-0.15, -0.1) is 0 Å². The van der Waals surface area contributed by atoms with Crippen molar-refractivity contribution in [2.24, 2.45) is 5.41 Å². The number of anilines is 7. The molecule has 3 atom stereocenters. The Labute approximate surface area is 409 Å². The fourth-order valence-corrected chi connectivity index (χ4v) is 13.5. The third-order valence-electron chi connectivity index (χ3n) is 17.1. The summed E-state index contributed by atoms with van der Waals surface area (Å²) >= 11 is 0. The lowest BCUT2D eigenvalue weighted by atomic mass is 9.29. The second-order valence-corrected chi connectivity index (χ2v) is 22.1. The fraction of sp³-hybridized carbons (Fsp3) is 0.231. The van der Waals surface area contributed by atoms with Crippen LogP contribution in [0.1, 0.15) is 77.8 Å². The molecule has 0 saturated heterocycles. The van der Waals surface area contributed by atoms with Gasteiger partial charge in [-0.3, -0.25) is 0 Å². The molecule has 8 aromatic carbocycles. The van der Waals surface area contributed by atoms with Crippen molar-refractivity contribution in [1.82, 2.24) is 0 Å². The van der Waals surface area contributed by atoms with Gasteiger partial charge in [0.15, 0.2) is 0 Å². The van der Waals surface area contributed by atoms with Crippen LogP contribution >= 0.6 is 0 Å². The lowest BCUT2D eigenvalue weighted by Crippen LogP contribution is -2.62. The second-order valence-electron chi connectivity index (χ2n) is 22.1. The van der Waals surface area contributed by atoms with E-state index in [1.54, 1.807) is 11.3 Å². The molecule has 0 amide bonds. The Kier molecular flexibility index (Phi) is 9.45. The summed E-state index contributed by atoms with van der Waals surface area (Å²) in [6.45, 7) is 14.7. The molecule has 3 aliphatic heterocycles. The molecule has 3 nitrogen and oxygen atoms in total. The number of nitrogens with zero attached hydrogens (tertiary/aromatic N) is 3. The van der Waals surface area contributed by atoms with Gasteiger partial charge in [0.25, 0.3) is 0 Å². The maximum Gasteiger partial charge on any atom is 0.226 e. The first-order valence-electron chi connectivity index (χ1n) is 25.4. The summed E-state index contributed by atoms with van der Waals surface area (Å²) in [5.41, 5.74) is 22.2. The smallest absolute Gasteiger partial charge is 0.226 e. The summed E-state index contributed by atoms with van der Waals surface area (Å²) < 4.78 is 0. The number of fused-ring (bicyclic) bond motifs is 8. The van der Waals surface area contributed by atoms with E-state index in [-0.39, 0.29) is 23.1 Å². The Morgan fingerprint density at radius 2 is 1.32 bits per heavy atom. The summed E-state index contributed by atoms with van der Waals surface area (Å²) in [4.78, 5) is 8.05. The molecule has 0 N–H and O–H groups in total. The van der Waals surface area contributed by atoms with Gasteiger partial charge in [0.1, 0.15) is 0 Å². The number of allylic oxidation sites excluding steroid dienone is 3. The zero-order valence-electron chi connectivity index (χ0n) is 40.9. The molecule has 3 heterocycles. The molecule has 1 saturated carbocycles. The molecule has 69 heavy (non-hydrogen) atoms. The SMILES string of the molecule is Cc1cc2c3c(c1)N1C4=C(C=CCC4B3c3ccc(N(c4cccc(-c5ccc6ccccc6c5)c4)c4ccc(C(C)(C)C)cc4-c4ccccc4)cc3N2c2ccccc2)C2(C)CCCCC12C. The van der Waals surface area contributed by atoms with Crippen molar-refractivity contribution in [2.75, 3.05) is 14.7 Å². The number of rotatable bonds is 6. The van der Waals surface area contributed by atoms with Crippen molar-refractivity contribution in [2.45, 2.75) is 90.4 Å². The molecule has 0 bridgehead atoms. The number of aryl methyl sites for hydroxylation is 1. The molecular weight excluding hydrogens is 834 g/mol. The minimum absolute atomic E-state index is 0.0258. The molecule has 3 unspecified atom stereocenters. The zero-order chi connectivity index (χ0) is 46.8. The maximum absolute atomic E-state index is 2.90. The normalized spacial score (nSPS) is 21.0. The lowest BCUT2D eigenvalue weighted by molar-refractivity contribution is 0.153. The van der Waals surface area contributed by atoms with Gasteiger partial charge in [0, 0.05) is 50.8 Å². The van der Waals surface area contributed by atoms with E-state index in [0.717, 1.165) is 23.5 Å². The number of hydrogen-bond donors (Lipinski definition) is 0. The average molecular weight is 894 g/mol. The van der Waals surface area contributed by atoms with E-state index in [4.69, 9.17) is 0 Å². The van der Waals surface area contributed by atoms with E-state index >= 15 is 0 Å². The van der Waals surface area contributed by atoms with Crippen molar-refractivity contribution >= 4 is 68.2 Å². The lowest BCUT2D eigenvalue weighted by Gasteiger charge is -2.55. The van der Waals surface area contributed by atoms with Gasteiger partial charge in [0.2, 0.25) is 6.71 Å². The van der Waals surface area contributed by atoms with E-state index in [9.17, 15) is 0 Å². The molecule has 338 valence electrons. The molecule has 1 fully saturated rings. The molecule has 5 aliphatic rings. The molecule has 0 radical (unpaired) electrons. The fourth-order valence-electron chi connectivity index (χ4n) is 13.5. The Morgan fingerprint density at radius 3 is 2.13 bits per heavy atom. The molecular formula is C65H60BN3. The molecule has 0 spiro atoms. The highest BCUT2D eigenvalue weighted by Crippen LogP contribution is 2.65. The Bertz CT molecular complexity index is 3430. The number of benzene rings is 8. The van der Waals surface area contributed by atoms with E-state index < -0.39 is 0 Å². The van der Waals surface area contributed by atoms with Crippen LogP contribution in [0.5, 0.6) is 0 Å². The Hall–Kier alpha value is -7.04. The summed E-state index contributed by atoms with van der Waals surface area (Å²) in [5.74, 6) is 0.352. The van der Waals surface area contributed by atoms with Crippen molar-refractivity contribution < 1.29 is 0 Å². The van der Waals surface area contributed by atoms with Gasteiger partial charge in [-0.1, -0.05) is 162 Å². The number of para-hydroxylation sites is 1. The van der Waals surface area contributed by atoms with Crippen LogP contribution in [0, 0.1) is 12.3 Å². The maximum atomic E-state index is 2.90. The second kappa shape index (κ2) is 15.5. The van der Waals surface area contributed by atoms with E-state index in [1.807, 2.05) is 0 Å². The highest BCUT2D eigenvalue weighted by atomic mass is 15.3. The quantitative estimate of drug-likeness (QED) is 0.154. The first-order valence-corrected chi connectivity index (χ1v) is 25.4. The van der Waals surface area contributed by atoms with Gasteiger partial charge in [-0.2, -0.15) is 0 Å². The predicted molar refractivity (Wildman–Crippen MR) is 295 cm³/mol. The third-order valence-corrected chi connectivity index (χ3v) is 17.1. The number of hydrogen-bond acceptors (Lipinski definition) is 3. The summed E-state index contributed by atoms with van der Waals surface area (Å²) in [5, 5.41) is 2.50. The van der Waals surface area contributed by atoms with Crippen LogP contribution in [0.4, 0.5) is 39.8 Å². The average Bonchev–Trinajstić information content (AvgIpc) is 3.59. The molecule has 13 rings (SSSR count). The van der Waals surface area contributed by atoms with Crippen LogP contribution in [0.2, 0.25) is 5.82 Å². The van der Waals surface area contributed by atoms with Gasteiger partial charge in [-0.05, 0) is 166 Å². The first kappa shape index (κ1) is 42.1. The van der Waals surface area contributed by atoms with E-state index in [0.29, 0.717) is 5.82 Å². The van der Waals surface area contributed by atoms with Crippen LogP contribution < -0.4 is 25.6 Å². The standard InChI is InChI=1S/C65H60BN3/c1-43-37-59-61-60(38-43)69-62-54(64(5)35-15-16-36-65(64,69)6)27-18-28-56(62)66(61)55-33-32-52(42-58(55)68(59)50-24-11-8-12-25-50)67(57-34-31-49(63(2,3)4)41-53(57)45-20-9-7-10-21-45)51-26-17-23-47(40-51)48-30-29-44-19-13-14-22-46(44)39-48/h7-14,17-27,29-34,37-42,56H,15-16,28,35-36H2,1-6H3. The molecule has 8 aromatic rings. The minimum Gasteiger partial charge on any atom is -0.339 e. The van der Waals surface area contributed by atoms with Crippen molar-refractivity contribution in [1.29, 1.82) is 0 Å². The van der Waals surface area contributed by atoms with Gasteiger partial charge in [0.05, 0.1) is 11.2 Å². The molecule has 4 heteroatoms. The monoisotopic (exact) mass is 893 g/mol. The Balaban J connectivity index is 1.07. The van der Waals surface area contributed by atoms with Gasteiger partial charge in [-0.25, -0.2) is 0 Å². The van der Waals surface area contributed by atoms with E-state index in [1.165, 1.54) is 104 Å². The zero-order valence-corrected chi connectivity index (χ0v) is 40.9. The van der Waals surface area contributed by atoms with Crippen LogP contribution in [0.25, 0.3) is 33.0 Å². The van der Waals surface area contributed by atoms with Crippen LogP contribution in [0.15, 0.2) is 199 Å². The summed E-state index contributed by atoms with van der Waals surface area (Å²) in [6.07, 6.45) is 11.1. The predicted octanol–water partition coefficient (Wildman–Crippen LogP) is 16.4. The van der Waals surface area contributed by atoms with Crippen molar-refractivity contribution in [3.8, 4) is 22.3 Å². The highest BCUT2D eigenvalue weighted by Gasteiger charge is 2.63. The third kappa shape index (κ3) is 6.33. The Morgan fingerprint density at radius 1 is 0.609 bits per heavy atom. The summed E-state index contributed by atoms with van der Waals surface area (Å²) in [7, 11) is 0.